The second-order valence-corrected chi connectivity index (χ2v) is 3.86. The van der Waals surface area contributed by atoms with Crippen molar-refractivity contribution in [2.45, 2.75) is 13.0 Å². The molecule has 1 aromatic rings. The number of allylic oxidation sites excluding steroid dienone is 1. The molecule has 0 aliphatic carbocycles. The predicted octanol–water partition coefficient (Wildman–Crippen LogP) is 0.803. The van der Waals surface area contributed by atoms with Crippen LogP contribution in [0.3, 0.4) is 0 Å². The van der Waals surface area contributed by atoms with Crippen LogP contribution in [0.25, 0.3) is 0 Å². The van der Waals surface area contributed by atoms with E-state index in [2.05, 4.69) is 10.1 Å². The van der Waals surface area contributed by atoms with Crippen molar-refractivity contribution in [3.05, 3.63) is 41.6 Å². The van der Waals surface area contributed by atoms with E-state index in [-0.39, 0.29) is 35.3 Å². The van der Waals surface area contributed by atoms with Gasteiger partial charge in [0.1, 0.15) is 11.8 Å². The maximum absolute atomic E-state index is 11.2. The molecule has 20 heavy (non-hydrogen) atoms. The monoisotopic (exact) mass is 288 g/mol. The van der Waals surface area contributed by atoms with Gasteiger partial charge in [-0.3, -0.25) is 0 Å². The number of carbonyl (C=O) groups is 2. The van der Waals surface area contributed by atoms with Crippen LogP contribution in [0.15, 0.2) is 36.0 Å². The number of esters is 1. The van der Waals surface area contributed by atoms with Gasteiger partial charge in [-0.15, -0.1) is 0 Å². The summed E-state index contributed by atoms with van der Waals surface area (Å²) in [6.45, 7) is 1.56. The molecule has 0 bridgehead atoms. The number of aliphatic carboxylic acids is 1. The maximum Gasteiger partial charge on any atom is 0.332 e. The number of carboxylic acid groups (broad SMARTS) is 1. The van der Waals surface area contributed by atoms with Crippen molar-refractivity contribution in [1.82, 2.24) is 5.32 Å². The molecule has 1 unspecified atom stereocenters. The molecule has 1 radical (unpaired) electrons. The van der Waals surface area contributed by atoms with Crippen LogP contribution in [0.4, 0.5) is 0 Å². The van der Waals surface area contributed by atoms with Crippen LogP contribution < -0.4 is 5.32 Å². The Labute approximate surface area is 138 Å². The number of carboxylic acids is 1. The molecule has 3 N–H and O–H groups in total. The Morgan fingerprint density at radius 1 is 1.30 bits per heavy atom. The quantitative estimate of drug-likeness (QED) is 0.421. The zero-order chi connectivity index (χ0) is 14.4. The number of benzene rings is 1. The van der Waals surface area contributed by atoms with Crippen molar-refractivity contribution in [3.63, 3.8) is 0 Å². The summed E-state index contributed by atoms with van der Waals surface area (Å²) < 4.78 is 4.45. The number of hydrogen-bond acceptors (Lipinski definition) is 5. The zero-order valence-corrected chi connectivity index (χ0v) is 13.6. The van der Waals surface area contributed by atoms with Gasteiger partial charge in [0, 0.05) is 41.3 Å². The van der Waals surface area contributed by atoms with Crippen LogP contribution in [-0.2, 0) is 14.3 Å². The van der Waals surface area contributed by atoms with Crippen LogP contribution in [-0.4, -0.2) is 58.8 Å². The Morgan fingerprint density at radius 2 is 1.85 bits per heavy atom. The van der Waals surface area contributed by atoms with E-state index < -0.39 is 18.0 Å². The van der Waals surface area contributed by atoms with E-state index in [9.17, 15) is 9.59 Å². The molecule has 1 atom stereocenters. The summed E-state index contributed by atoms with van der Waals surface area (Å²) >= 11 is 0. The van der Waals surface area contributed by atoms with Crippen LogP contribution in [0.2, 0.25) is 0 Å². The van der Waals surface area contributed by atoms with Crippen LogP contribution in [0.5, 0.6) is 5.75 Å². The predicted molar refractivity (Wildman–Crippen MR) is 73.1 cm³/mol. The summed E-state index contributed by atoms with van der Waals surface area (Å²) in [5.41, 5.74) is 0.829. The molecule has 0 saturated heterocycles. The van der Waals surface area contributed by atoms with E-state index in [0.717, 1.165) is 6.08 Å². The van der Waals surface area contributed by atoms with E-state index in [0.29, 0.717) is 11.3 Å². The molecule has 103 valence electrons. The van der Waals surface area contributed by atoms with Crippen molar-refractivity contribution in [3.8, 4) is 5.75 Å². The van der Waals surface area contributed by atoms with Gasteiger partial charge in [-0.25, -0.2) is 9.59 Å². The third-order valence-electron chi connectivity index (χ3n) is 2.38. The smallest absolute Gasteiger partial charge is 0.332 e. The average molecular weight is 288 g/mol. The first kappa shape index (κ1) is 18.5. The fourth-order valence-corrected chi connectivity index (χ4v) is 1.46. The molecule has 0 fully saturated rings. The largest absolute Gasteiger partial charge is 0.508 e. The fourth-order valence-electron chi connectivity index (χ4n) is 1.46. The number of hydrogen-bond donors (Lipinski definition) is 3. The molecule has 0 aliphatic heterocycles. The van der Waals surface area contributed by atoms with Crippen molar-refractivity contribution in [2.24, 2.45) is 0 Å². The van der Waals surface area contributed by atoms with Gasteiger partial charge < -0.3 is 20.3 Å². The van der Waals surface area contributed by atoms with Gasteiger partial charge in [0.25, 0.3) is 0 Å². The van der Waals surface area contributed by atoms with Crippen molar-refractivity contribution >= 4 is 41.5 Å². The van der Waals surface area contributed by atoms with Gasteiger partial charge in [0.15, 0.2) is 0 Å². The summed E-state index contributed by atoms with van der Waals surface area (Å²) in [6.07, 6.45) is 1.16. The number of phenols is 1. The molecule has 0 amide bonds. The van der Waals surface area contributed by atoms with Gasteiger partial charge in [-0.05, 0) is 24.6 Å². The second kappa shape index (κ2) is 8.63. The molecule has 0 aromatic heterocycles. The Balaban J connectivity index is 0.00000361. The second-order valence-electron chi connectivity index (χ2n) is 3.86. The fraction of sp³-hybridized carbons (Fsp3) is 0.231. The molecule has 0 saturated carbocycles. The molecule has 0 aliphatic rings. The standard InChI is InChI=1S/C13H15NO5.Na/c1-8(7-11(16)19-2)14-12(13(17)18)9-3-5-10(15)6-4-9;/h3-7,12,14-15H,1-2H3,(H,17,18);. The number of methoxy groups -OCH3 is 1. The molecule has 7 heteroatoms. The molecule has 1 aromatic carbocycles. The van der Waals surface area contributed by atoms with E-state index in [1.165, 1.54) is 31.4 Å². The summed E-state index contributed by atoms with van der Waals surface area (Å²) in [7, 11) is 1.24. The number of nitrogens with one attached hydrogen (secondary N) is 1. The molecular weight excluding hydrogens is 273 g/mol. The number of phenolic OH excluding ortho intramolecular Hbond substituents is 1. The Morgan fingerprint density at radius 3 is 2.30 bits per heavy atom. The van der Waals surface area contributed by atoms with Gasteiger partial charge in [0.05, 0.1) is 7.11 Å². The first-order valence-electron chi connectivity index (χ1n) is 5.48. The van der Waals surface area contributed by atoms with E-state index in [1.807, 2.05) is 0 Å². The van der Waals surface area contributed by atoms with Gasteiger partial charge in [-0.1, -0.05) is 12.1 Å². The first-order valence-corrected chi connectivity index (χ1v) is 5.48. The number of carbonyl (C=O) groups excluding carboxylic acids is 1. The average Bonchev–Trinajstić information content (AvgIpc) is 2.36. The third-order valence-corrected chi connectivity index (χ3v) is 2.38. The number of ether oxygens (including phenoxy) is 1. The van der Waals surface area contributed by atoms with Crippen molar-refractivity contribution in [1.29, 1.82) is 0 Å². The van der Waals surface area contributed by atoms with Crippen LogP contribution in [0.1, 0.15) is 18.5 Å². The summed E-state index contributed by atoms with van der Waals surface area (Å²) in [5, 5.41) is 21.0. The normalized spacial score (nSPS) is 12.0. The SMILES string of the molecule is COC(=O)C=C(C)NC(C(=O)O)c1ccc(O)cc1.[Na]. The molecule has 6 nitrogen and oxygen atoms in total. The summed E-state index contributed by atoms with van der Waals surface area (Å²) in [6, 6.07) is 4.76. The van der Waals surface area contributed by atoms with Crippen molar-refractivity contribution < 1.29 is 24.5 Å². The summed E-state index contributed by atoms with van der Waals surface area (Å²) in [4.78, 5) is 22.2. The number of aromatic hydroxyl groups is 1. The van der Waals surface area contributed by atoms with Crippen LogP contribution in [0, 0.1) is 0 Å². The minimum absolute atomic E-state index is 0. The number of rotatable bonds is 5. The Bertz CT molecular complexity index is 498. The molecular formula is C13H15NNaO5. The Kier molecular flexibility index (Phi) is 7.98. The van der Waals surface area contributed by atoms with E-state index >= 15 is 0 Å². The van der Waals surface area contributed by atoms with Gasteiger partial charge >= 0.3 is 11.9 Å². The molecule has 0 heterocycles. The topological polar surface area (TPSA) is 95.9 Å². The van der Waals surface area contributed by atoms with Crippen LogP contribution >= 0.6 is 0 Å². The van der Waals surface area contributed by atoms with E-state index in [4.69, 9.17) is 10.2 Å². The van der Waals surface area contributed by atoms with Crippen molar-refractivity contribution in [2.75, 3.05) is 7.11 Å². The maximum atomic E-state index is 11.2. The Hall–Kier alpha value is -1.50. The van der Waals surface area contributed by atoms with Gasteiger partial charge in [-0.2, -0.15) is 0 Å². The first-order chi connectivity index (χ1) is 8.93. The van der Waals surface area contributed by atoms with E-state index in [1.54, 1.807) is 6.92 Å². The molecule has 1 rings (SSSR count). The summed E-state index contributed by atoms with van der Waals surface area (Å²) in [5.74, 6) is -1.61. The van der Waals surface area contributed by atoms with Gasteiger partial charge in [0.2, 0.25) is 0 Å². The molecule has 0 spiro atoms. The minimum Gasteiger partial charge on any atom is -0.508 e. The minimum atomic E-state index is -1.09. The third kappa shape index (κ3) is 5.64. The zero-order valence-electron chi connectivity index (χ0n) is 11.6.